The second kappa shape index (κ2) is 4.62. The predicted molar refractivity (Wildman–Crippen MR) is 65.3 cm³/mol. The Morgan fingerprint density at radius 1 is 1.53 bits per heavy atom. The molecule has 0 unspecified atom stereocenters. The van der Waals surface area contributed by atoms with Gasteiger partial charge in [-0.25, -0.2) is 14.2 Å². The Hall–Kier alpha value is -1.95. The molecule has 2 aromatic rings. The number of rotatable bonds is 5. The molecule has 6 heteroatoms. The van der Waals surface area contributed by atoms with E-state index in [4.69, 9.17) is 9.84 Å². The first-order chi connectivity index (χ1) is 9.15. The maximum absolute atomic E-state index is 13.2. The molecule has 0 amide bonds. The van der Waals surface area contributed by atoms with Crippen LogP contribution in [-0.4, -0.2) is 27.2 Å². The molecule has 5 nitrogen and oxygen atoms in total. The zero-order chi connectivity index (χ0) is 13.4. The van der Waals surface area contributed by atoms with Gasteiger partial charge in [0.1, 0.15) is 24.9 Å². The number of aromatic nitrogens is 2. The lowest BCUT2D eigenvalue weighted by atomic mass is 10.3. The van der Waals surface area contributed by atoms with E-state index in [0.717, 1.165) is 18.4 Å². The average molecular weight is 264 g/mol. The van der Waals surface area contributed by atoms with E-state index in [1.165, 1.54) is 12.1 Å². The third kappa shape index (κ3) is 2.44. The molecule has 0 saturated heterocycles. The number of halogens is 1. The summed E-state index contributed by atoms with van der Waals surface area (Å²) >= 11 is 0. The highest BCUT2D eigenvalue weighted by molar-refractivity contribution is 5.76. The van der Waals surface area contributed by atoms with Gasteiger partial charge in [0.05, 0.1) is 11.0 Å². The molecule has 1 aromatic carbocycles. The summed E-state index contributed by atoms with van der Waals surface area (Å²) in [7, 11) is 0. The van der Waals surface area contributed by atoms with Crippen molar-refractivity contribution >= 4 is 17.0 Å². The van der Waals surface area contributed by atoms with Crippen LogP contribution in [0.3, 0.4) is 0 Å². The minimum atomic E-state index is -1.01. The largest absolute Gasteiger partial charge is 0.480 e. The van der Waals surface area contributed by atoms with E-state index < -0.39 is 5.97 Å². The van der Waals surface area contributed by atoms with Crippen LogP contribution in [0.1, 0.15) is 24.7 Å². The van der Waals surface area contributed by atoms with E-state index >= 15 is 0 Å². The van der Waals surface area contributed by atoms with Crippen LogP contribution < -0.4 is 0 Å². The van der Waals surface area contributed by atoms with Gasteiger partial charge in [-0.2, -0.15) is 0 Å². The van der Waals surface area contributed by atoms with Gasteiger partial charge < -0.3 is 14.4 Å². The summed E-state index contributed by atoms with van der Waals surface area (Å²) in [6, 6.07) is 4.87. The molecule has 1 saturated carbocycles. The lowest BCUT2D eigenvalue weighted by molar-refractivity contribution is -0.142. The zero-order valence-corrected chi connectivity index (χ0v) is 10.2. The van der Waals surface area contributed by atoms with Crippen LogP contribution in [0.25, 0.3) is 11.0 Å². The van der Waals surface area contributed by atoms with Gasteiger partial charge in [0, 0.05) is 12.1 Å². The van der Waals surface area contributed by atoms with E-state index in [1.54, 1.807) is 6.07 Å². The summed E-state index contributed by atoms with van der Waals surface area (Å²) in [4.78, 5) is 14.8. The molecule has 3 rings (SSSR count). The van der Waals surface area contributed by atoms with Gasteiger partial charge in [0.25, 0.3) is 0 Å². The molecule has 1 aliphatic carbocycles. The number of carboxylic acid groups (broad SMARTS) is 1. The fourth-order valence-corrected chi connectivity index (χ4v) is 2.19. The molecule has 1 aromatic heterocycles. The van der Waals surface area contributed by atoms with Crippen LogP contribution in [0.2, 0.25) is 0 Å². The summed E-state index contributed by atoms with van der Waals surface area (Å²) in [6.07, 6.45) is 2.13. The molecule has 0 aliphatic heterocycles. The van der Waals surface area contributed by atoms with Crippen LogP contribution in [0.15, 0.2) is 18.2 Å². The monoisotopic (exact) mass is 264 g/mol. The Bertz CT molecular complexity index is 634. The van der Waals surface area contributed by atoms with Crippen molar-refractivity contribution in [3.8, 4) is 0 Å². The van der Waals surface area contributed by atoms with E-state index in [9.17, 15) is 9.18 Å². The standard InChI is InChI=1S/C13H13FN2O3/c14-8-1-4-11-10(5-8)15-12(6-19-7-13(17)18)16(11)9-2-3-9/h1,4-5,9H,2-3,6-7H2,(H,17,18). The van der Waals surface area contributed by atoms with Crippen molar-refractivity contribution in [1.82, 2.24) is 9.55 Å². The van der Waals surface area contributed by atoms with Crippen LogP contribution in [0.4, 0.5) is 4.39 Å². The van der Waals surface area contributed by atoms with Gasteiger partial charge in [-0.3, -0.25) is 0 Å². The molecular weight excluding hydrogens is 251 g/mol. The molecule has 0 spiro atoms. The topological polar surface area (TPSA) is 64.3 Å². The lowest BCUT2D eigenvalue weighted by Gasteiger charge is -2.07. The SMILES string of the molecule is O=C(O)COCc1nc2cc(F)ccc2n1C1CC1. The molecule has 100 valence electrons. The summed E-state index contributed by atoms with van der Waals surface area (Å²) in [5, 5.41) is 8.56. The molecule has 0 radical (unpaired) electrons. The first kappa shape index (κ1) is 12.1. The molecule has 0 bridgehead atoms. The summed E-state index contributed by atoms with van der Waals surface area (Å²) in [5.41, 5.74) is 1.46. The number of ether oxygens (including phenoxy) is 1. The number of fused-ring (bicyclic) bond motifs is 1. The lowest BCUT2D eigenvalue weighted by Crippen LogP contribution is -2.10. The Kier molecular flexibility index (Phi) is 2.94. The van der Waals surface area contributed by atoms with Crippen LogP contribution in [0, 0.1) is 5.82 Å². The van der Waals surface area contributed by atoms with Gasteiger partial charge >= 0.3 is 5.97 Å². The van der Waals surface area contributed by atoms with Gasteiger partial charge in [-0.05, 0) is 25.0 Å². The number of carbonyl (C=O) groups is 1. The maximum atomic E-state index is 13.2. The molecule has 1 fully saturated rings. The number of nitrogens with zero attached hydrogens (tertiary/aromatic N) is 2. The summed E-state index contributed by atoms with van der Waals surface area (Å²) in [5.74, 6) is -0.685. The summed E-state index contributed by atoms with van der Waals surface area (Å²) < 4.78 is 20.3. The van der Waals surface area contributed by atoms with Gasteiger partial charge in [-0.1, -0.05) is 0 Å². The fourth-order valence-electron chi connectivity index (χ4n) is 2.19. The van der Waals surface area contributed by atoms with Crippen molar-refractivity contribution in [1.29, 1.82) is 0 Å². The van der Waals surface area contributed by atoms with Crippen molar-refractivity contribution < 1.29 is 19.0 Å². The first-order valence-corrected chi connectivity index (χ1v) is 6.11. The third-order valence-corrected chi connectivity index (χ3v) is 3.09. The Balaban J connectivity index is 1.93. The maximum Gasteiger partial charge on any atom is 0.329 e. The van der Waals surface area contributed by atoms with Gasteiger partial charge in [0.15, 0.2) is 0 Å². The van der Waals surface area contributed by atoms with Crippen molar-refractivity contribution in [2.75, 3.05) is 6.61 Å². The van der Waals surface area contributed by atoms with Crippen molar-refractivity contribution in [2.45, 2.75) is 25.5 Å². The highest BCUT2D eigenvalue weighted by Gasteiger charge is 2.28. The molecule has 1 aliphatic rings. The van der Waals surface area contributed by atoms with Crippen molar-refractivity contribution in [2.24, 2.45) is 0 Å². The Labute approximate surface area is 108 Å². The van der Waals surface area contributed by atoms with Crippen LogP contribution >= 0.6 is 0 Å². The fraction of sp³-hybridized carbons (Fsp3) is 0.385. The third-order valence-electron chi connectivity index (χ3n) is 3.09. The Morgan fingerprint density at radius 2 is 2.32 bits per heavy atom. The average Bonchev–Trinajstić information content (AvgIpc) is 3.11. The Morgan fingerprint density at radius 3 is 3.00 bits per heavy atom. The van der Waals surface area contributed by atoms with Gasteiger partial charge in [0.2, 0.25) is 0 Å². The second-order valence-corrected chi connectivity index (χ2v) is 4.65. The molecule has 1 N–H and O–H groups in total. The molecule has 19 heavy (non-hydrogen) atoms. The minimum absolute atomic E-state index is 0.124. The predicted octanol–water partition coefficient (Wildman–Crippen LogP) is 2.11. The highest BCUT2D eigenvalue weighted by atomic mass is 19.1. The minimum Gasteiger partial charge on any atom is -0.480 e. The van der Waals surface area contributed by atoms with Crippen LogP contribution in [0.5, 0.6) is 0 Å². The van der Waals surface area contributed by atoms with Crippen molar-refractivity contribution in [3.05, 3.63) is 29.8 Å². The second-order valence-electron chi connectivity index (χ2n) is 4.65. The highest BCUT2D eigenvalue weighted by Crippen LogP contribution is 2.38. The first-order valence-electron chi connectivity index (χ1n) is 6.11. The molecule has 1 heterocycles. The van der Waals surface area contributed by atoms with Crippen molar-refractivity contribution in [3.63, 3.8) is 0 Å². The molecule has 0 atom stereocenters. The van der Waals surface area contributed by atoms with Crippen LogP contribution in [-0.2, 0) is 16.1 Å². The van der Waals surface area contributed by atoms with E-state index in [2.05, 4.69) is 4.98 Å². The smallest absolute Gasteiger partial charge is 0.329 e. The quantitative estimate of drug-likeness (QED) is 0.898. The summed E-state index contributed by atoms with van der Waals surface area (Å²) in [6.45, 7) is -0.235. The number of carboxylic acids is 1. The van der Waals surface area contributed by atoms with Gasteiger partial charge in [-0.15, -0.1) is 0 Å². The number of hydrogen-bond acceptors (Lipinski definition) is 3. The zero-order valence-electron chi connectivity index (χ0n) is 10.2. The number of benzene rings is 1. The van der Waals surface area contributed by atoms with E-state index in [1.807, 2.05) is 4.57 Å². The number of aliphatic carboxylic acids is 1. The normalized spacial score (nSPS) is 15.0. The molecular formula is C13H13FN2O3. The number of imidazole rings is 1. The van der Waals surface area contributed by atoms with E-state index in [-0.39, 0.29) is 19.0 Å². The number of hydrogen-bond donors (Lipinski definition) is 1. The van der Waals surface area contributed by atoms with E-state index in [0.29, 0.717) is 17.4 Å².